The highest BCUT2D eigenvalue weighted by molar-refractivity contribution is 7.19. The topological polar surface area (TPSA) is 74.2 Å². The van der Waals surface area contributed by atoms with Crippen LogP contribution in [0.3, 0.4) is 0 Å². The van der Waals surface area contributed by atoms with Crippen molar-refractivity contribution >= 4 is 21.5 Å². The van der Waals surface area contributed by atoms with Crippen LogP contribution >= 0.6 is 11.3 Å². The van der Waals surface area contributed by atoms with E-state index in [1.807, 2.05) is 0 Å². The van der Waals surface area contributed by atoms with Crippen LogP contribution in [0.2, 0.25) is 0 Å². The highest BCUT2D eigenvalue weighted by Crippen LogP contribution is 2.33. The molecule has 2 rings (SSSR count). The van der Waals surface area contributed by atoms with Crippen LogP contribution in [0, 0.1) is 5.82 Å². The van der Waals surface area contributed by atoms with Crippen molar-refractivity contribution in [2.45, 2.75) is 6.92 Å². The Kier molecular flexibility index (Phi) is 3.14. The summed E-state index contributed by atoms with van der Waals surface area (Å²) in [5, 5.41) is 0.845. The average molecular weight is 253 g/mol. The van der Waals surface area contributed by atoms with E-state index in [1.165, 1.54) is 17.4 Å². The first-order chi connectivity index (χ1) is 8.11. The maximum absolute atomic E-state index is 13.6. The quantitative estimate of drug-likeness (QED) is 0.881. The fourth-order valence-electron chi connectivity index (χ4n) is 1.48. The first-order valence-electron chi connectivity index (χ1n) is 5.06. The molecule has 1 aromatic heterocycles. The molecule has 4 N–H and O–H groups in total. The van der Waals surface area contributed by atoms with Crippen molar-refractivity contribution in [1.82, 2.24) is 4.98 Å². The Labute approximate surface area is 102 Å². The number of nitrogens with zero attached hydrogens (tertiary/aromatic N) is 1. The van der Waals surface area contributed by atoms with E-state index in [9.17, 15) is 4.39 Å². The molecule has 0 unspecified atom stereocenters. The third-order valence-electron chi connectivity index (χ3n) is 2.18. The zero-order valence-corrected chi connectivity index (χ0v) is 10.1. The van der Waals surface area contributed by atoms with Crippen molar-refractivity contribution < 1.29 is 9.13 Å². The largest absolute Gasteiger partial charge is 0.491 e. The van der Waals surface area contributed by atoms with E-state index in [1.54, 1.807) is 19.1 Å². The van der Waals surface area contributed by atoms with Gasteiger partial charge in [-0.05, 0) is 25.1 Å². The lowest BCUT2D eigenvalue weighted by molar-refractivity contribution is 0.321. The van der Waals surface area contributed by atoms with Gasteiger partial charge < -0.3 is 16.2 Å². The lowest BCUT2D eigenvalue weighted by Gasteiger charge is -2.05. The minimum absolute atomic E-state index is 0.220. The van der Waals surface area contributed by atoms with Crippen molar-refractivity contribution in [3.05, 3.63) is 24.0 Å². The Hall–Kier alpha value is -1.82. The molecule has 0 fully saturated rings. The van der Waals surface area contributed by atoms with Gasteiger partial charge in [0.2, 0.25) is 0 Å². The number of rotatable bonds is 3. The van der Waals surface area contributed by atoms with Gasteiger partial charge in [0.15, 0.2) is 16.7 Å². The molecule has 0 saturated heterocycles. The molecule has 4 nitrogen and oxygen atoms in total. The first-order valence-corrected chi connectivity index (χ1v) is 5.88. The van der Waals surface area contributed by atoms with E-state index in [-0.39, 0.29) is 5.75 Å². The maximum Gasteiger partial charge on any atom is 0.182 e. The minimum Gasteiger partial charge on any atom is -0.491 e. The number of benzene rings is 1. The molecule has 1 aromatic carbocycles. The SMILES string of the molecule is CCOc1ccc(-c2nc(N)sc2N)cc1F. The van der Waals surface area contributed by atoms with E-state index in [4.69, 9.17) is 16.2 Å². The van der Waals surface area contributed by atoms with Crippen molar-refractivity contribution in [3.63, 3.8) is 0 Å². The molecule has 0 bridgehead atoms. The number of ether oxygens (including phenoxy) is 1. The highest BCUT2D eigenvalue weighted by atomic mass is 32.1. The van der Waals surface area contributed by atoms with E-state index in [2.05, 4.69) is 4.98 Å². The Balaban J connectivity index is 2.41. The van der Waals surface area contributed by atoms with E-state index in [0.29, 0.717) is 28.0 Å². The third-order valence-corrected chi connectivity index (χ3v) is 2.89. The van der Waals surface area contributed by atoms with Crippen LogP contribution in [0.1, 0.15) is 6.92 Å². The number of nitrogens with two attached hydrogens (primary N) is 2. The summed E-state index contributed by atoms with van der Waals surface area (Å²) in [5.74, 6) is -0.214. The minimum atomic E-state index is -0.435. The van der Waals surface area contributed by atoms with Crippen LogP contribution in [0.5, 0.6) is 5.75 Å². The van der Waals surface area contributed by atoms with Crippen LogP contribution in [-0.2, 0) is 0 Å². The predicted octanol–water partition coefficient (Wildman–Crippen LogP) is 2.51. The summed E-state index contributed by atoms with van der Waals surface area (Å²) >= 11 is 1.18. The number of nitrogen functional groups attached to an aromatic ring is 2. The summed E-state index contributed by atoms with van der Waals surface area (Å²) in [6, 6.07) is 4.61. The normalized spacial score (nSPS) is 10.5. The molecule has 0 spiro atoms. The molecule has 0 aliphatic heterocycles. The van der Waals surface area contributed by atoms with E-state index < -0.39 is 5.82 Å². The summed E-state index contributed by atoms with van der Waals surface area (Å²) in [6.07, 6.45) is 0. The van der Waals surface area contributed by atoms with Gasteiger partial charge >= 0.3 is 0 Å². The Bertz CT molecular complexity index is 542. The molecule has 0 saturated carbocycles. The van der Waals surface area contributed by atoms with Gasteiger partial charge in [-0.3, -0.25) is 0 Å². The predicted molar refractivity (Wildman–Crippen MR) is 67.5 cm³/mol. The summed E-state index contributed by atoms with van der Waals surface area (Å²) in [5.41, 5.74) is 12.4. The molecule has 0 radical (unpaired) electrons. The Morgan fingerprint density at radius 3 is 2.71 bits per heavy atom. The van der Waals surface area contributed by atoms with Gasteiger partial charge in [-0.15, -0.1) is 0 Å². The Morgan fingerprint density at radius 2 is 2.18 bits per heavy atom. The molecule has 0 atom stereocenters. The van der Waals surface area contributed by atoms with Crippen LogP contribution < -0.4 is 16.2 Å². The zero-order chi connectivity index (χ0) is 12.4. The lowest BCUT2D eigenvalue weighted by Crippen LogP contribution is -1.95. The van der Waals surface area contributed by atoms with Crippen molar-refractivity contribution in [2.75, 3.05) is 18.1 Å². The summed E-state index contributed by atoms with van der Waals surface area (Å²) in [4.78, 5) is 4.06. The number of hydrogen-bond acceptors (Lipinski definition) is 5. The lowest BCUT2D eigenvalue weighted by atomic mass is 10.1. The number of anilines is 2. The van der Waals surface area contributed by atoms with Crippen LogP contribution in [0.15, 0.2) is 18.2 Å². The highest BCUT2D eigenvalue weighted by Gasteiger charge is 2.11. The average Bonchev–Trinajstić information content (AvgIpc) is 2.61. The van der Waals surface area contributed by atoms with Gasteiger partial charge in [-0.1, -0.05) is 11.3 Å². The number of halogens is 1. The smallest absolute Gasteiger partial charge is 0.182 e. The standard InChI is InChI=1S/C11H12FN3OS/c1-2-16-8-4-3-6(5-7(8)12)9-10(13)17-11(14)15-9/h3-5H,2,13H2,1H3,(H2,14,15). The molecule has 0 amide bonds. The van der Waals surface area contributed by atoms with Gasteiger partial charge in [-0.25, -0.2) is 9.37 Å². The second-order valence-electron chi connectivity index (χ2n) is 3.34. The molecule has 90 valence electrons. The molecule has 2 aromatic rings. The van der Waals surface area contributed by atoms with Crippen LogP contribution in [-0.4, -0.2) is 11.6 Å². The number of hydrogen-bond donors (Lipinski definition) is 2. The first kappa shape index (κ1) is 11.7. The van der Waals surface area contributed by atoms with E-state index in [0.717, 1.165) is 0 Å². The van der Waals surface area contributed by atoms with Gasteiger partial charge in [-0.2, -0.15) is 0 Å². The van der Waals surface area contributed by atoms with Crippen LogP contribution in [0.25, 0.3) is 11.3 Å². The molecular formula is C11H12FN3OS. The number of aromatic nitrogens is 1. The van der Waals surface area contributed by atoms with Gasteiger partial charge in [0, 0.05) is 5.56 Å². The fourth-order valence-corrected chi connectivity index (χ4v) is 2.10. The summed E-state index contributed by atoms with van der Waals surface area (Å²) in [7, 11) is 0. The molecule has 1 heterocycles. The van der Waals surface area contributed by atoms with Crippen LogP contribution in [0.4, 0.5) is 14.5 Å². The van der Waals surface area contributed by atoms with Crippen molar-refractivity contribution in [2.24, 2.45) is 0 Å². The second kappa shape index (κ2) is 4.58. The fraction of sp³-hybridized carbons (Fsp3) is 0.182. The van der Waals surface area contributed by atoms with Gasteiger partial charge in [0.25, 0.3) is 0 Å². The molecule has 0 aliphatic rings. The van der Waals surface area contributed by atoms with Crippen molar-refractivity contribution in [1.29, 1.82) is 0 Å². The summed E-state index contributed by atoms with van der Waals surface area (Å²) < 4.78 is 18.8. The molecular weight excluding hydrogens is 241 g/mol. The molecule has 0 aliphatic carbocycles. The Morgan fingerprint density at radius 1 is 1.41 bits per heavy atom. The van der Waals surface area contributed by atoms with Gasteiger partial charge in [0.1, 0.15) is 10.7 Å². The molecule has 17 heavy (non-hydrogen) atoms. The monoisotopic (exact) mass is 253 g/mol. The van der Waals surface area contributed by atoms with E-state index >= 15 is 0 Å². The number of thiazole rings is 1. The zero-order valence-electron chi connectivity index (χ0n) is 9.24. The maximum atomic E-state index is 13.6. The van der Waals surface area contributed by atoms with Gasteiger partial charge in [0.05, 0.1) is 6.61 Å². The molecule has 6 heteroatoms. The summed E-state index contributed by atoms with van der Waals surface area (Å²) in [6.45, 7) is 2.22. The third kappa shape index (κ3) is 2.31. The van der Waals surface area contributed by atoms with Crippen molar-refractivity contribution in [3.8, 4) is 17.0 Å². The second-order valence-corrected chi connectivity index (χ2v) is 4.41.